The number of hydrogen-bond donors (Lipinski definition) is 0. The van der Waals surface area contributed by atoms with E-state index in [0.29, 0.717) is 55.2 Å². The summed E-state index contributed by atoms with van der Waals surface area (Å²) in [7, 11) is -0.280. The highest BCUT2D eigenvalue weighted by atomic mass is 32.2. The predicted octanol–water partition coefficient (Wildman–Crippen LogP) is 1.86. The number of pyridine rings is 2. The average molecular weight is 553 g/mol. The second-order valence-corrected chi connectivity index (χ2v) is 11.7. The van der Waals surface area contributed by atoms with E-state index in [1.165, 1.54) is 21.1 Å². The fourth-order valence-electron chi connectivity index (χ4n) is 4.60. The summed E-state index contributed by atoms with van der Waals surface area (Å²) in [5, 5.41) is 4.55. The van der Waals surface area contributed by atoms with Gasteiger partial charge >= 0.3 is 0 Å². The van der Waals surface area contributed by atoms with Gasteiger partial charge in [-0.15, -0.1) is 0 Å². The SMILES string of the molecule is CCc1c2nc(-c3cc(S(=O)(=O)N4CCN(C)CC4)cnc3OC(C)C)n(C)c(=O)c2nn1-c1ccccn1. The van der Waals surface area contributed by atoms with Crippen LogP contribution in [0.15, 0.2) is 46.3 Å². The molecule has 1 saturated heterocycles. The van der Waals surface area contributed by atoms with Crippen LogP contribution in [0.2, 0.25) is 0 Å². The molecule has 1 aliphatic rings. The summed E-state index contributed by atoms with van der Waals surface area (Å²) in [6.45, 7) is 7.69. The molecule has 0 aliphatic carbocycles. The summed E-state index contributed by atoms with van der Waals surface area (Å²) in [6, 6.07) is 6.96. The van der Waals surface area contributed by atoms with Crippen LogP contribution in [0.4, 0.5) is 0 Å². The van der Waals surface area contributed by atoms with E-state index in [2.05, 4.69) is 20.0 Å². The minimum absolute atomic E-state index is 0.0207. The Morgan fingerprint density at radius 2 is 1.79 bits per heavy atom. The van der Waals surface area contributed by atoms with Crippen LogP contribution in [-0.2, 0) is 23.5 Å². The number of aryl methyl sites for hydroxylation is 1. The molecule has 4 aromatic heterocycles. The molecule has 12 nitrogen and oxygen atoms in total. The molecule has 0 aromatic carbocycles. The zero-order chi connectivity index (χ0) is 27.9. The van der Waals surface area contributed by atoms with Gasteiger partial charge in [-0.3, -0.25) is 9.36 Å². The standard InChI is InChI=1S/C26H32N8O4S/c1-6-20-22-23(30-34(20)21-9-7-8-10-27-21)26(35)32(5)24(29-22)19-15-18(16-28-25(19)38-17(2)3)39(36,37)33-13-11-31(4)12-14-33/h7-10,15-17H,6,11-14H2,1-5H3. The Morgan fingerprint density at radius 3 is 2.44 bits per heavy atom. The maximum atomic E-state index is 13.6. The number of ether oxygens (including phenoxy) is 1. The van der Waals surface area contributed by atoms with Crippen molar-refractivity contribution in [1.82, 2.24) is 38.5 Å². The molecule has 0 radical (unpaired) electrons. The minimum Gasteiger partial charge on any atom is -0.474 e. The normalized spacial score (nSPS) is 15.3. The van der Waals surface area contributed by atoms with E-state index in [9.17, 15) is 13.2 Å². The van der Waals surface area contributed by atoms with Crippen molar-refractivity contribution < 1.29 is 13.2 Å². The average Bonchev–Trinajstić information content (AvgIpc) is 3.30. The zero-order valence-corrected chi connectivity index (χ0v) is 23.5. The summed E-state index contributed by atoms with van der Waals surface area (Å²) >= 11 is 0. The van der Waals surface area contributed by atoms with Crippen molar-refractivity contribution in [3.63, 3.8) is 0 Å². The Hall–Kier alpha value is -3.68. The highest BCUT2D eigenvalue weighted by Gasteiger charge is 2.30. The first-order valence-electron chi connectivity index (χ1n) is 12.9. The van der Waals surface area contributed by atoms with Gasteiger partial charge in [0.25, 0.3) is 5.56 Å². The minimum atomic E-state index is -3.82. The predicted molar refractivity (Wildman–Crippen MR) is 147 cm³/mol. The van der Waals surface area contributed by atoms with Crippen molar-refractivity contribution in [2.75, 3.05) is 33.2 Å². The summed E-state index contributed by atoms with van der Waals surface area (Å²) in [5.74, 6) is 1.00. The van der Waals surface area contributed by atoms with Crippen molar-refractivity contribution in [2.24, 2.45) is 7.05 Å². The van der Waals surface area contributed by atoms with Crippen LogP contribution in [-0.4, -0.2) is 86.3 Å². The highest BCUT2D eigenvalue weighted by molar-refractivity contribution is 7.89. The van der Waals surface area contributed by atoms with Crippen LogP contribution in [0.25, 0.3) is 28.2 Å². The third-order valence-electron chi connectivity index (χ3n) is 6.71. The molecule has 1 aliphatic heterocycles. The van der Waals surface area contributed by atoms with E-state index >= 15 is 0 Å². The molecular formula is C26H32N8O4S. The Morgan fingerprint density at radius 1 is 1.05 bits per heavy atom. The van der Waals surface area contributed by atoms with E-state index in [1.54, 1.807) is 24.0 Å². The molecule has 5 heterocycles. The molecule has 5 rings (SSSR count). The maximum Gasteiger partial charge on any atom is 0.281 e. The first kappa shape index (κ1) is 26.9. The van der Waals surface area contributed by atoms with Crippen LogP contribution in [0.1, 0.15) is 26.5 Å². The monoisotopic (exact) mass is 552 g/mol. The third kappa shape index (κ3) is 4.92. The molecule has 13 heteroatoms. The Kier molecular flexibility index (Phi) is 7.23. The summed E-state index contributed by atoms with van der Waals surface area (Å²) in [5.41, 5.74) is 1.27. The third-order valence-corrected chi connectivity index (χ3v) is 8.58. The summed E-state index contributed by atoms with van der Waals surface area (Å²) < 4.78 is 37.5. The lowest BCUT2D eigenvalue weighted by atomic mass is 10.2. The number of rotatable bonds is 7. The molecule has 0 atom stereocenters. The van der Waals surface area contributed by atoms with Crippen molar-refractivity contribution in [2.45, 2.75) is 38.2 Å². The Balaban J connectivity index is 1.71. The van der Waals surface area contributed by atoms with Crippen LogP contribution in [0.3, 0.4) is 0 Å². The number of fused-ring (bicyclic) bond motifs is 1. The van der Waals surface area contributed by atoms with Crippen molar-refractivity contribution >= 4 is 21.1 Å². The Labute approximate surface area is 226 Å². The van der Waals surface area contributed by atoms with E-state index < -0.39 is 10.0 Å². The molecule has 0 spiro atoms. The first-order chi connectivity index (χ1) is 18.6. The second-order valence-electron chi connectivity index (χ2n) is 9.79. The van der Waals surface area contributed by atoms with Crippen molar-refractivity contribution in [3.05, 3.63) is 52.7 Å². The molecule has 0 bridgehead atoms. The fourth-order valence-corrected chi connectivity index (χ4v) is 5.99. The smallest absolute Gasteiger partial charge is 0.281 e. The van der Waals surface area contributed by atoms with Gasteiger partial charge < -0.3 is 9.64 Å². The fraction of sp³-hybridized carbons (Fsp3) is 0.423. The quantitative estimate of drug-likeness (QED) is 0.337. The topological polar surface area (TPSA) is 128 Å². The highest BCUT2D eigenvalue weighted by Crippen LogP contribution is 2.32. The van der Waals surface area contributed by atoms with E-state index in [0.717, 1.165) is 0 Å². The van der Waals surface area contributed by atoms with Gasteiger partial charge in [0.2, 0.25) is 15.9 Å². The number of nitrogens with zero attached hydrogens (tertiary/aromatic N) is 8. The van der Waals surface area contributed by atoms with Gasteiger partial charge in [0.05, 0.1) is 23.6 Å². The van der Waals surface area contributed by atoms with Crippen LogP contribution < -0.4 is 10.3 Å². The number of aromatic nitrogens is 6. The lowest BCUT2D eigenvalue weighted by Crippen LogP contribution is -2.47. The molecular weight excluding hydrogens is 520 g/mol. The van der Waals surface area contributed by atoms with Gasteiger partial charge in [-0.05, 0) is 45.5 Å². The maximum absolute atomic E-state index is 13.6. The van der Waals surface area contributed by atoms with Crippen LogP contribution >= 0.6 is 0 Å². The van der Waals surface area contributed by atoms with Crippen LogP contribution in [0, 0.1) is 0 Å². The first-order valence-corrected chi connectivity index (χ1v) is 14.3. The molecule has 0 amide bonds. The lowest BCUT2D eigenvalue weighted by Gasteiger charge is -2.31. The van der Waals surface area contributed by atoms with Gasteiger partial charge in [0.1, 0.15) is 16.2 Å². The number of piperazine rings is 1. The Bertz CT molecular complexity index is 1670. The van der Waals surface area contributed by atoms with E-state index in [1.807, 2.05) is 40.0 Å². The van der Waals surface area contributed by atoms with E-state index in [4.69, 9.17) is 9.72 Å². The molecule has 4 aromatic rings. The molecule has 1 fully saturated rings. The van der Waals surface area contributed by atoms with Gasteiger partial charge in [-0.2, -0.15) is 9.40 Å². The van der Waals surface area contributed by atoms with Crippen molar-refractivity contribution in [3.8, 4) is 23.1 Å². The number of hydrogen-bond acceptors (Lipinski definition) is 9. The van der Waals surface area contributed by atoms with Gasteiger partial charge in [0.15, 0.2) is 11.3 Å². The van der Waals surface area contributed by atoms with E-state index in [-0.39, 0.29) is 33.8 Å². The second kappa shape index (κ2) is 10.5. The van der Waals surface area contributed by atoms with Gasteiger partial charge in [-0.25, -0.2) is 28.1 Å². The summed E-state index contributed by atoms with van der Waals surface area (Å²) in [4.78, 5) is 29.3. The number of sulfonamides is 1. The number of likely N-dealkylation sites (N-methyl/N-ethyl adjacent to an activating group) is 1. The largest absolute Gasteiger partial charge is 0.474 e. The lowest BCUT2D eigenvalue weighted by molar-refractivity contribution is 0.222. The molecule has 39 heavy (non-hydrogen) atoms. The zero-order valence-electron chi connectivity index (χ0n) is 22.7. The van der Waals surface area contributed by atoms with Gasteiger partial charge in [0, 0.05) is 39.4 Å². The molecule has 0 saturated carbocycles. The van der Waals surface area contributed by atoms with Crippen LogP contribution in [0.5, 0.6) is 5.88 Å². The van der Waals surface area contributed by atoms with Gasteiger partial charge in [-0.1, -0.05) is 13.0 Å². The molecule has 0 unspecified atom stereocenters. The molecule has 206 valence electrons. The summed E-state index contributed by atoms with van der Waals surface area (Å²) in [6.07, 6.45) is 3.27. The molecule has 0 N–H and O–H groups in total. The van der Waals surface area contributed by atoms with Crippen molar-refractivity contribution in [1.29, 1.82) is 0 Å².